The maximum Gasteiger partial charge on any atom is 0.271 e. The van der Waals surface area contributed by atoms with E-state index in [2.05, 4.69) is 32.6 Å². The Labute approximate surface area is 127 Å². The number of unbranched alkanes of at least 4 members (excludes halogenated alkanes) is 3. The molecule has 0 amide bonds. The summed E-state index contributed by atoms with van der Waals surface area (Å²) in [6.07, 6.45) is 4.86. The van der Waals surface area contributed by atoms with Gasteiger partial charge in [-0.25, -0.2) is 0 Å². The first-order valence-corrected chi connectivity index (χ1v) is 7.95. The molecule has 0 spiro atoms. The van der Waals surface area contributed by atoms with Gasteiger partial charge in [0.25, 0.3) is 5.69 Å². The molecular formula is C17H26N2O2. The predicted octanol–water partition coefficient (Wildman–Crippen LogP) is 4.66. The van der Waals surface area contributed by atoms with E-state index in [1.807, 2.05) is 6.07 Å². The number of hydrogen-bond donors (Lipinski definition) is 0. The second-order valence-electron chi connectivity index (χ2n) is 6.61. The van der Waals surface area contributed by atoms with E-state index in [9.17, 15) is 10.1 Å². The van der Waals surface area contributed by atoms with Gasteiger partial charge >= 0.3 is 0 Å². The highest BCUT2D eigenvalue weighted by Crippen LogP contribution is 2.46. The molecule has 0 aliphatic carbocycles. The van der Waals surface area contributed by atoms with Crippen molar-refractivity contribution in [3.05, 3.63) is 33.9 Å². The normalized spacial score (nSPS) is 19.6. The maximum atomic E-state index is 11.0. The lowest BCUT2D eigenvalue weighted by Gasteiger charge is -2.31. The van der Waals surface area contributed by atoms with Crippen molar-refractivity contribution in [1.82, 2.24) is 0 Å². The van der Waals surface area contributed by atoms with Crippen LogP contribution >= 0.6 is 0 Å². The van der Waals surface area contributed by atoms with Gasteiger partial charge in [-0.1, -0.05) is 40.0 Å². The van der Waals surface area contributed by atoms with Gasteiger partial charge in [-0.3, -0.25) is 10.1 Å². The zero-order valence-electron chi connectivity index (χ0n) is 13.6. The van der Waals surface area contributed by atoms with Gasteiger partial charge in [0.05, 0.1) is 4.92 Å². The smallest absolute Gasteiger partial charge is 0.271 e. The number of fused-ring (bicyclic) bond motifs is 1. The van der Waals surface area contributed by atoms with E-state index in [0.29, 0.717) is 6.04 Å². The Morgan fingerprint density at radius 2 is 2.00 bits per heavy atom. The molecule has 1 unspecified atom stereocenters. The summed E-state index contributed by atoms with van der Waals surface area (Å²) >= 11 is 0. The van der Waals surface area contributed by atoms with Gasteiger partial charge in [0.15, 0.2) is 0 Å². The van der Waals surface area contributed by atoms with E-state index in [1.54, 1.807) is 12.1 Å². The number of rotatable bonds is 6. The van der Waals surface area contributed by atoms with Crippen molar-refractivity contribution in [2.75, 3.05) is 11.4 Å². The Morgan fingerprint density at radius 1 is 1.29 bits per heavy atom. The van der Waals surface area contributed by atoms with Crippen LogP contribution < -0.4 is 4.90 Å². The Morgan fingerprint density at radius 3 is 2.62 bits per heavy atom. The third kappa shape index (κ3) is 2.89. The number of nitro benzene ring substituents is 1. The van der Waals surface area contributed by atoms with E-state index in [4.69, 9.17) is 0 Å². The molecule has 0 aromatic heterocycles. The minimum absolute atomic E-state index is 0.0369. The minimum Gasteiger partial charge on any atom is -0.368 e. The maximum absolute atomic E-state index is 11.0. The standard InChI is InChI=1S/C17H26N2O2/c1-5-6-7-8-11-18-13(2)17(3,4)15-10-9-14(19(20)21)12-16(15)18/h9-10,12-13H,5-8,11H2,1-4H3. The average molecular weight is 290 g/mol. The van der Waals surface area contributed by atoms with Gasteiger partial charge < -0.3 is 4.90 Å². The largest absolute Gasteiger partial charge is 0.368 e. The van der Waals surface area contributed by atoms with Gasteiger partial charge in [0, 0.05) is 35.8 Å². The van der Waals surface area contributed by atoms with Crippen LogP contribution in [0.4, 0.5) is 11.4 Å². The Hall–Kier alpha value is -1.58. The third-order valence-electron chi connectivity index (χ3n) is 4.96. The van der Waals surface area contributed by atoms with Crippen LogP contribution in [0.2, 0.25) is 0 Å². The van der Waals surface area contributed by atoms with Crippen molar-refractivity contribution in [3.8, 4) is 0 Å². The van der Waals surface area contributed by atoms with Crippen LogP contribution in [0.25, 0.3) is 0 Å². The number of benzene rings is 1. The zero-order chi connectivity index (χ0) is 15.6. The lowest BCUT2D eigenvalue weighted by atomic mass is 9.81. The van der Waals surface area contributed by atoms with Crippen molar-refractivity contribution in [3.63, 3.8) is 0 Å². The van der Waals surface area contributed by atoms with Gasteiger partial charge in [0.2, 0.25) is 0 Å². The Kier molecular flexibility index (Phi) is 4.55. The fraction of sp³-hybridized carbons (Fsp3) is 0.647. The van der Waals surface area contributed by atoms with Crippen LogP contribution in [0.1, 0.15) is 58.9 Å². The van der Waals surface area contributed by atoms with Crippen LogP contribution in [0.3, 0.4) is 0 Å². The molecule has 1 heterocycles. The van der Waals surface area contributed by atoms with E-state index < -0.39 is 0 Å². The molecule has 1 aromatic rings. The molecule has 1 atom stereocenters. The molecule has 4 heteroatoms. The van der Waals surface area contributed by atoms with Gasteiger partial charge in [0.1, 0.15) is 0 Å². The van der Waals surface area contributed by atoms with Crippen molar-refractivity contribution in [2.24, 2.45) is 0 Å². The highest BCUT2D eigenvalue weighted by atomic mass is 16.6. The van der Waals surface area contributed by atoms with Gasteiger partial charge in [-0.2, -0.15) is 0 Å². The lowest BCUT2D eigenvalue weighted by molar-refractivity contribution is -0.384. The molecule has 1 aliphatic heterocycles. The summed E-state index contributed by atoms with van der Waals surface area (Å²) in [4.78, 5) is 13.1. The van der Waals surface area contributed by atoms with Crippen LogP contribution in [-0.4, -0.2) is 17.5 Å². The number of nitrogens with zero attached hydrogens (tertiary/aromatic N) is 2. The molecule has 1 aliphatic rings. The summed E-state index contributed by atoms with van der Waals surface area (Å²) in [5.74, 6) is 0. The van der Waals surface area contributed by atoms with Crippen LogP contribution in [0.15, 0.2) is 18.2 Å². The summed E-state index contributed by atoms with van der Waals surface area (Å²) in [5.41, 5.74) is 2.52. The number of hydrogen-bond acceptors (Lipinski definition) is 3. The number of nitro groups is 1. The topological polar surface area (TPSA) is 46.4 Å². The Bertz CT molecular complexity index is 526. The predicted molar refractivity (Wildman–Crippen MR) is 87.1 cm³/mol. The number of non-ortho nitro benzene ring substituents is 1. The van der Waals surface area contributed by atoms with Crippen LogP contribution in [0, 0.1) is 10.1 Å². The van der Waals surface area contributed by atoms with Crippen molar-refractivity contribution in [2.45, 2.75) is 64.8 Å². The summed E-state index contributed by atoms with van der Waals surface area (Å²) in [6, 6.07) is 5.70. The summed E-state index contributed by atoms with van der Waals surface area (Å²) in [5, 5.41) is 11.0. The summed E-state index contributed by atoms with van der Waals surface area (Å²) < 4.78 is 0. The molecule has 4 nitrogen and oxygen atoms in total. The van der Waals surface area contributed by atoms with Crippen molar-refractivity contribution in [1.29, 1.82) is 0 Å². The molecular weight excluding hydrogens is 264 g/mol. The van der Waals surface area contributed by atoms with Gasteiger partial charge in [-0.15, -0.1) is 0 Å². The summed E-state index contributed by atoms with van der Waals surface area (Å²) in [6.45, 7) is 9.88. The molecule has 1 aromatic carbocycles. The van der Waals surface area contributed by atoms with Crippen molar-refractivity contribution < 1.29 is 4.92 Å². The van der Waals surface area contributed by atoms with E-state index in [0.717, 1.165) is 18.7 Å². The molecule has 116 valence electrons. The first-order chi connectivity index (χ1) is 9.89. The highest BCUT2D eigenvalue weighted by molar-refractivity contribution is 5.67. The zero-order valence-corrected chi connectivity index (χ0v) is 13.6. The van der Waals surface area contributed by atoms with Crippen LogP contribution in [0.5, 0.6) is 0 Å². The minimum atomic E-state index is -0.300. The first-order valence-electron chi connectivity index (χ1n) is 7.95. The van der Waals surface area contributed by atoms with E-state index in [-0.39, 0.29) is 16.0 Å². The third-order valence-corrected chi connectivity index (χ3v) is 4.96. The fourth-order valence-corrected chi connectivity index (χ4v) is 3.26. The highest BCUT2D eigenvalue weighted by Gasteiger charge is 2.42. The molecule has 0 saturated heterocycles. The second kappa shape index (κ2) is 6.04. The van der Waals surface area contributed by atoms with E-state index in [1.165, 1.54) is 24.8 Å². The summed E-state index contributed by atoms with van der Waals surface area (Å²) in [7, 11) is 0. The SMILES string of the molecule is CCCCCCN1c2cc([N+](=O)[O-])ccc2C(C)(C)C1C. The molecule has 21 heavy (non-hydrogen) atoms. The molecule has 0 radical (unpaired) electrons. The number of anilines is 1. The molecule has 0 bridgehead atoms. The fourth-order valence-electron chi connectivity index (χ4n) is 3.26. The molecule has 0 saturated carbocycles. The molecule has 2 rings (SSSR count). The molecule has 0 fully saturated rings. The van der Waals surface area contributed by atoms with E-state index >= 15 is 0 Å². The van der Waals surface area contributed by atoms with Crippen LogP contribution in [-0.2, 0) is 5.41 Å². The lowest BCUT2D eigenvalue weighted by Crippen LogP contribution is -2.39. The van der Waals surface area contributed by atoms with Crippen molar-refractivity contribution >= 4 is 11.4 Å². The monoisotopic (exact) mass is 290 g/mol. The molecule has 0 N–H and O–H groups in total. The average Bonchev–Trinajstić information content (AvgIpc) is 2.63. The quantitative estimate of drug-likeness (QED) is 0.435. The first kappa shape index (κ1) is 15.8. The second-order valence-corrected chi connectivity index (χ2v) is 6.61. The van der Waals surface area contributed by atoms with Gasteiger partial charge in [-0.05, 0) is 25.0 Å². The Balaban J connectivity index is 2.27.